The van der Waals surface area contributed by atoms with Crippen molar-refractivity contribution < 1.29 is 27.0 Å². The van der Waals surface area contributed by atoms with Crippen molar-refractivity contribution in [1.29, 1.82) is 0 Å². The van der Waals surface area contributed by atoms with Gasteiger partial charge in [-0.05, 0) is 6.42 Å². The third kappa shape index (κ3) is 5.33. The van der Waals surface area contributed by atoms with Crippen molar-refractivity contribution in [3.05, 3.63) is 0 Å². The molecule has 0 amide bonds. The fourth-order valence-corrected chi connectivity index (χ4v) is 5.59. The Labute approximate surface area is 88.8 Å². The summed E-state index contributed by atoms with van der Waals surface area (Å²) in [7, 11) is -5.28. The predicted molar refractivity (Wildman–Crippen MR) is 52.8 cm³/mol. The molecule has 0 saturated heterocycles. The second-order valence-corrected chi connectivity index (χ2v) is 7.22. The molecule has 0 heterocycles. The van der Waals surface area contributed by atoms with Gasteiger partial charge in [0.1, 0.15) is 0 Å². The summed E-state index contributed by atoms with van der Waals surface area (Å²) in [5.41, 5.74) is 0. The molecule has 0 spiro atoms. The highest BCUT2D eigenvalue weighted by molar-refractivity contribution is 6.70. The number of hydrogen-bond donors (Lipinski definition) is 3. The lowest BCUT2D eigenvalue weighted by Gasteiger charge is -2.26. The van der Waals surface area contributed by atoms with Crippen LogP contribution in [0.5, 0.6) is 0 Å². The minimum absolute atomic E-state index is 0.475. The van der Waals surface area contributed by atoms with Crippen LogP contribution in [-0.4, -0.2) is 49.8 Å². The number of unbranched alkanes of at least 4 members (excludes halogenated alkanes) is 1. The second-order valence-electron chi connectivity index (χ2n) is 2.57. The van der Waals surface area contributed by atoms with Crippen LogP contribution in [-0.2, 0) is 12.7 Å². The zero-order valence-corrected chi connectivity index (χ0v) is 11.2. The quantitative estimate of drug-likeness (QED) is 0.477. The highest BCUT2D eigenvalue weighted by Gasteiger charge is 2.42. The Kier molecular flexibility index (Phi) is 7.89. The van der Waals surface area contributed by atoms with Gasteiger partial charge in [-0.25, -0.2) is 0 Å². The molecule has 1 atom stereocenters. The van der Waals surface area contributed by atoms with Crippen molar-refractivity contribution in [3.63, 3.8) is 0 Å². The van der Waals surface area contributed by atoms with Crippen LogP contribution in [0.2, 0.25) is 6.04 Å². The molecule has 3 N–H and O–H groups in total. The molecule has 0 saturated carbocycles. The van der Waals surface area contributed by atoms with E-state index in [0.29, 0.717) is 6.04 Å². The maximum atomic E-state index is 8.78. The molecule has 1 unspecified atom stereocenters. The molecule has 0 bridgehead atoms. The Morgan fingerprint density at radius 1 is 1.43 bits per heavy atom. The Morgan fingerprint density at radius 3 is 2.43 bits per heavy atom. The molecule has 0 rings (SSSR count). The van der Waals surface area contributed by atoms with E-state index >= 15 is 0 Å². The van der Waals surface area contributed by atoms with Crippen LogP contribution in [0.25, 0.3) is 0 Å². The van der Waals surface area contributed by atoms with Crippen LogP contribution in [0.15, 0.2) is 0 Å². The number of hydrogen-bond acceptors (Lipinski definition) is 6. The van der Waals surface area contributed by atoms with E-state index in [1.165, 1.54) is 7.11 Å². The molecule has 0 fully saturated rings. The summed E-state index contributed by atoms with van der Waals surface area (Å²) < 4.78 is 14.9. The summed E-state index contributed by atoms with van der Waals surface area (Å²) in [6, 6.07) is 0.475. The summed E-state index contributed by atoms with van der Waals surface area (Å²) in [4.78, 5) is 26.2. The van der Waals surface area contributed by atoms with E-state index < -0.39 is 28.3 Å². The van der Waals surface area contributed by atoms with Gasteiger partial charge in [0, 0.05) is 13.2 Å². The molecule has 6 nitrogen and oxygen atoms in total. The van der Waals surface area contributed by atoms with Crippen LogP contribution in [0.1, 0.15) is 19.8 Å². The average Bonchev–Trinajstić information content (AvgIpc) is 2.14. The lowest BCUT2D eigenvalue weighted by atomic mass is 10.4. The zero-order chi connectivity index (χ0) is 11.0. The fraction of sp³-hybridized carbons (Fsp3) is 1.00. The first-order valence-electron chi connectivity index (χ1n) is 4.16. The largest absolute Gasteiger partial charge is 0.563 e. The fourth-order valence-electron chi connectivity index (χ4n) is 0.910. The summed E-state index contributed by atoms with van der Waals surface area (Å²) in [6.45, 7) is 1.99. The zero-order valence-electron chi connectivity index (χ0n) is 8.19. The summed E-state index contributed by atoms with van der Waals surface area (Å²) in [6.07, 6.45) is 1.71. The van der Waals surface area contributed by atoms with E-state index in [0.717, 1.165) is 12.8 Å². The van der Waals surface area contributed by atoms with Gasteiger partial charge in [0.25, 0.3) is 0 Å². The maximum Gasteiger partial charge on any atom is 0.563 e. The molecule has 0 aromatic heterocycles. The maximum absolute atomic E-state index is 8.78. The van der Waals surface area contributed by atoms with Gasteiger partial charge in [-0.1, -0.05) is 13.3 Å². The molecule has 9 heteroatoms. The summed E-state index contributed by atoms with van der Waals surface area (Å²) in [5.74, 6) is 0. The van der Waals surface area contributed by atoms with Gasteiger partial charge in [-0.15, -0.1) is 0 Å². The highest BCUT2D eigenvalue weighted by atomic mass is 28.5. The standard InChI is InChI=1S/C5H15O6Si3/c1-3-4-5-14(9-2,10-12-6)11-13(7)8/h6-8H,3-5H2,1-2H3. The molecule has 14 heavy (non-hydrogen) atoms. The van der Waals surface area contributed by atoms with Crippen LogP contribution >= 0.6 is 0 Å². The first kappa shape index (κ1) is 14.4. The van der Waals surface area contributed by atoms with Gasteiger partial charge >= 0.3 is 28.3 Å². The lowest BCUT2D eigenvalue weighted by Crippen LogP contribution is -2.50. The molecular formula is C5H15O6Si3. The molecule has 0 aliphatic heterocycles. The molecule has 0 aliphatic rings. The SMILES string of the molecule is CCCC[Si](OC)(O[Si]O)O[Si](O)O. The smallest absolute Gasteiger partial charge is 0.409 e. The van der Waals surface area contributed by atoms with Crippen LogP contribution < -0.4 is 0 Å². The van der Waals surface area contributed by atoms with E-state index in [9.17, 15) is 0 Å². The monoisotopic (exact) mass is 255 g/mol. The minimum atomic E-state index is -3.05. The average molecular weight is 255 g/mol. The molecule has 0 aromatic rings. The van der Waals surface area contributed by atoms with E-state index in [-0.39, 0.29) is 0 Å². The van der Waals surface area contributed by atoms with E-state index in [2.05, 4.69) is 0 Å². The van der Waals surface area contributed by atoms with Crippen molar-refractivity contribution in [1.82, 2.24) is 0 Å². The van der Waals surface area contributed by atoms with Crippen molar-refractivity contribution in [2.24, 2.45) is 0 Å². The molecule has 3 radical (unpaired) electrons. The molecule has 0 aromatic carbocycles. The van der Waals surface area contributed by atoms with Gasteiger partial charge in [-0.2, -0.15) is 0 Å². The van der Waals surface area contributed by atoms with Crippen molar-refractivity contribution in [2.45, 2.75) is 25.8 Å². The first-order chi connectivity index (χ1) is 6.60. The second kappa shape index (κ2) is 7.67. The van der Waals surface area contributed by atoms with Gasteiger partial charge < -0.3 is 27.0 Å². The van der Waals surface area contributed by atoms with E-state index in [1.54, 1.807) is 0 Å². The Morgan fingerprint density at radius 2 is 2.07 bits per heavy atom. The third-order valence-electron chi connectivity index (χ3n) is 1.60. The van der Waals surface area contributed by atoms with Gasteiger partial charge in [-0.3, -0.25) is 0 Å². The Hall–Kier alpha value is 0.411. The van der Waals surface area contributed by atoms with Crippen molar-refractivity contribution in [2.75, 3.05) is 7.11 Å². The van der Waals surface area contributed by atoms with Crippen molar-refractivity contribution >= 4 is 28.3 Å². The van der Waals surface area contributed by atoms with Crippen molar-refractivity contribution in [3.8, 4) is 0 Å². The van der Waals surface area contributed by atoms with E-state index in [4.69, 9.17) is 27.0 Å². The summed E-state index contributed by atoms with van der Waals surface area (Å²) in [5, 5.41) is 0. The highest BCUT2D eigenvalue weighted by Crippen LogP contribution is 2.17. The lowest BCUT2D eigenvalue weighted by molar-refractivity contribution is 0.156. The van der Waals surface area contributed by atoms with Gasteiger partial charge in [0.2, 0.25) is 0 Å². The van der Waals surface area contributed by atoms with Crippen LogP contribution in [0.3, 0.4) is 0 Å². The first-order valence-corrected chi connectivity index (χ1v) is 8.25. The molecular weight excluding hydrogens is 240 g/mol. The third-order valence-corrected chi connectivity index (χ3v) is 6.77. The summed E-state index contributed by atoms with van der Waals surface area (Å²) >= 11 is 0. The minimum Gasteiger partial charge on any atom is -0.409 e. The van der Waals surface area contributed by atoms with E-state index in [1.807, 2.05) is 6.92 Å². The number of rotatable bonds is 8. The van der Waals surface area contributed by atoms with Gasteiger partial charge in [0.15, 0.2) is 0 Å². The normalized spacial score (nSPS) is 15.9. The Bertz CT molecular complexity index is 147. The Balaban J connectivity index is 4.26. The van der Waals surface area contributed by atoms with Gasteiger partial charge in [0.05, 0.1) is 0 Å². The topological polar surface area (TPSA) is 88.4 Å². The van der Waals surface area contributed by atoms with Crippen LogP contribution in [0, 0.1) is 0 Å². The van der Waals surface area contributed by atoms with Crippen LogP contribution in [0.4, 0.5) is 0 Å². The molecule has 0 aliphatic carbocycles. The molecule has 83 valence electrons. The predicted octanol–water partition coefficient (Wildman–Crippen LogP) is -1.10.